The zero-order valence-electron chi connectivity index (χ0n) is 37.1. The zero-order valence-corrected chi connectivity index (χ0v) is 41.4. The summed E-state index contributed by atoms with van der Waals surface area (Å²) in [5.74, 6) is 7.40. The molecule has 3 aromatic heterocycles. The molecule has 0 amide bonds. The van der Waals surface area contributed by atoms with Crippen molar-refractivity contribution in [3.8, 4) is 28.3 Å². The van der Waals surface area contributed by atoms with Gasteiger partial charge in [-0.05, 0) is 76.5 Å². The Bertz CT molecular complexity index is 3020. The van der Waals surface area contributed by atoms with Gasteiger partial charge in [-0.1, -0.05) is 72.5 Å². The maximum atomic E-state index is 9.09. The normalized spacial score (nSPS) is 13.2. The smallest absolute Gasteiger partial charge is 0 e. The van der Waals surface area contributed by atoms with Gasteiger partial charge in [0.25, 0.3) is 0 Å². The summed E-state index contributed by atoms with van der Waals surface area (Å²) in [5, 5.41) is 5.06. The monoisotopic (exact) mass is 1030 g/mol. The molecule has 0 saturated heterocycles. The first-order chi connectivity index (χ1) is 27.9. The van der Waals surface area contributed by atoms with Crippen LogP contribution in [0.4, 0.5) is 0 Å². The number of imidazole rings is 1. The second kappa shape index (κ2) is 16.6. The SMILES string of the molecule is Cc1ccc2c(c1)sc1c(-c3nc4cc5ccccc5cc4n3-c3c(C)cccc3C)[c-]cc(C)c12.[2H]C(C)(c1cc(-c2[c-]cccc2)nc[c]1[Ge]([CH3])([CH3])[CH3])C(C)(C)C.[Ir]. The standard InChI is InChI=1S/C33H25N2S.C20H28GeN.Ir/c1-19-12-14-25-29(16-19)36-32-26(15-13-20(2)30(25)32)33-34-27-17-23-10-5-6-11-24(23)18-28(27)35(33)31-21(3)8-7-9-22(31)4;1-15(20(2,3)4)17-13-19(16-11-9-8-10-12-16)22-14-18(17)21(5,6)7;/h5-14,16-18H,1-4H3;8-11,13-15H,1-7H3;/q2*-1;/i;15D;. The maximum absolute atomic E-state index is 9.09. The molecule has 9 aromatic rings. The molecule has 9 rings (SSSR count). The molecular formula is C53H53GeIrN3S-2. The first kappa shape index (κ1) is 41.4. The van der Waals surface area contributed by atoms with Crippen molar-refractivity contribution in [2.24, 2.45) is 5.41 Å². The van der Waals surface area contributed by atoms with Gasteiger partial charge >= 0.3 is 140 Å². The van der Waals surface area contributed by atoms with E-state index in [4.69, 9.17) is 11.3 Å². The molecule has 0 spiro atoms. The second-order valence-electron chi connectivity index (χ2n) is 17.9. The number of aryl methyl sites for hydroxylation is 4. The van der Waals surface area contributed by atoms with Crippen molar-refractivity contribution in [1.29, 1.82) is 0 Å². The van der Waals surface area contributed by atoms with Crippen molar-refractivity contribution in [1.82, 2.24) is 14.5 Å². The number of hydrogen-bond acceptors (Lipinski definition) is 3. The molecule has 59 heavy (non-hydrogen) atoms. The van der Waals surface area contributed by atoms with Crippen LogP contribution in [0, 0.1) is 45.2 Å². The van der Waals surface area contributed by atoms with Gasteiger partial charge in [0.1, 0.15) is 0 Å². The van der Waals surface area contributed by atoms with Crippen LogP contribution in [-0.2, 0) is 20.1 Å². The van der Waals surface area contributed by atoms with E-state index in [0.29, 0.717) is 0 Å². The topological polar surface area (TPSA) is 30.7 Å². The first-order valence-corrected chi connectivity index (χ1v) is 28.4. The average molecular weight is 1030 g/mol. The molecule has 3 nitrogen and oxygen atoms in total. The third-order valence-corrected chi connectivity index (χ3v) is 16.9. The summed E-state index contributed by atoms with van der Waals surface area (Å²) < 4.78 is 15.4. The summed E-state index contributed by atoms with van der Waals surface area (Å²) in [6.07, 6.45) is 2.03. The molecule has 1 unspecified atom stereocenters. The molecule has 0 bridgehead atoms. The van der Waals surface area contributed by atoms with E-state index in [1.54, 1.807) is 0 Å². The fraction of sp³-hybridized carbons (Fsp3) is 0.245. The fourth-order valence-corrected chi connectivity index (χ4v) is 12.6. The Morgan fingerprint density at radius 2 is 1.49 bits per heavy atom. The molecule has 0 aliphatic heterocycles. The molecule has 0 fully saturated rings. The van der Waals surface area contributed by atoms with Gasteiger partial charge in [-0.25, -0.2) is 0 Å². The van der Waals surface area contributed by atoms with Gasteiger partial charge in [0.05, 0.1) is 16.9 Å². The molecule has 6 heteroatoms. The van der Waals surface area contributed by atoms with Crippen molar-refractivity contribution in [3.63, 3.8) is 0 Å². The molecule has 6 aromatic carbocycles. The van der Waals surface area contributed by atoms with Crippen molar-refractivity contribution in [2.75, 3.05) is 0 Å². The molecule has 0 aliphatic carbocycles. The van der Waals surface area contributed by atoms with Gasteiger partial charge in [-0.2, -0.15) is 11.3 Å². The van der Waals surface area contributed by atoms with Gasteiger partial charge in [-0.3, -0.25) is 4.98 Å². The molecule has 0 aliphatic rings. The predicted molar refractivity (Wildman–Crippen MR) is 254 cm³/mol. The van der Waals surface area contributed by atoms with E-state index in [-0.39, 0.29) is 25.5 Å². The number of aromatic nitrogens is 3. The third-order valence-electron chi connectivity index (χ3n) is 11.5. The number of nitrogens with zero attached hydrogens (tertiary/aromatic N) is 3. The van der Waals surface area contributed by atoms with Crippen molar-refractivity contribution < 1.29 is 21.5 Å². The molecule has 1 radical (unpaired) electrons. The van der Waals surface area contributed by atoms with Crippen LogP contribution in [0.15, 0.2) is 115 Å². The summed E-state index contributed by atoms with van der Waals surface area (Å²) >= 11 is -0.269. The van der Waals surface area contributed by atoms with Crippen LogP contribution in [0.5, 0.6) is 0 Å². The number of para-hydroxylation sites is 1. The van der Waals surface area contributed by atoms with E-state index in [1.165, 1.54) is 63.3 Å². The third kappa shape index (κ3) is 8.24. The van der Waals surface area contributed by atoms with Crippen LogP contribution in [0.3, 0.4) is 0 Å². The number of pyridine rings is 1. The number of rotatable bonds is 5. The Morgan fingerprint density at radius 1 is 0.797 bits per heavy atom. The number of hydrogen-bond donors (Lipinski definition) is 0. The molecule has 301 valence electrons. The van der Waals surface area contributed by atoms with Gasteiger partial charge < -0.3 is 4.57 Å². The Hall–Kier alpha value is -4.39. The summed E-state index contributed by atoms with van der Waals surface area (Å²) in [7, 11) is 0. The number of thiophene rings is 1. The van der Waals surface area contributed by atoms with Gasteiger partial charge in [0, 0.05) is 30.5 Å². The van der Waals surface area contributed by atoms with Gasteiger partial charge in [0.15, 0.2) is 0 Å². The minimum absolute atomic E-state index is 0. The van der Waals surface area contributed by atoms with E-state index in [1.807, 2.05) is 48.7 Å². The largest absolute Gasteiger partial charge is 0 e. The second-order valence-corrected chi connectivity index (χ2v) is 29.5. The van der Waals surface area contributed by atoms with Crippen molar-refractivity contribution in [3.05, 3.63) is 155 Å². The molecule has 1 atom stereocenters. The van der Waals surface area contributed by atoms with Gasteiger partial charge in [0.2, 0.25) is 0 Å². The molecule has 3 heterocycles. The first-order valence-electron chi connectivity index (χ1n) is 20.7. The predicted octanol–water partition coefficient (Wildman–Crippen LogP) is 14.5. The molecule has 0 N–H and O–H groups in total. The maximum Gasteiger partial charge on any atom is 0 e. The Balaban J connectivity index is 0.000000198. The minimum atomic E-state index is -2.12. The Morgan fingerprint density at radius 3 is 2.15 bits per heavy atom. The summed E-state index contributed by atoms with van der Waals surface area (Å²) in [6.45, 7) is 17.2. The summed E-state index contributed by atoms with van der Waals surface area (Å²) in [6, 6.07) is 45.4. The minimum Gasteiger partial charge on any atom is 0 e. The fourth-order valence-electron chi connectivity index (χ4n) is 8.04. The van der Waals surface area contributed by atoms with Crippen LogP contribution >= 0.6 is 11.3 Å². The van der Waals surface area contributed by atoms with Crippen LogP contribution in [0.1, 0.15) is 62.8 Å². The van der Waals surface area contributed by atoms with Crippen molar-refractivity contribution >= 4 is 71.0 Å². The summed E-state index contributed by atoms with van der Waals surface area (Å²) in [5.41, 5.74) is 12.3. The van der Waals surface area contributed by atoms with Gasteiger partial charge in [-0.15, -0.1) is 17.7 Å². The van der Waals surface area contributed by atoms with Crippen molar-refractivity contribution in [2.45, 2.75) is 78.6 Å². The average Bonchev–Trinajstić information content (AvgIpc) is 3.75. The Kier molecular flexibility index (Phi) is 11.6. The number of fused-ring (bicyclic) bond motifs is 5. The van der Waals surface area contributed by atoms with Crippen LogP contribution < -0.4 is 4.40 Å². The van der Waals surface area contributed by atoms with E-state index in [9.17, 15) is 0 Å². The van der Waals surface area contributed by atoms with E-state index >= 15 is 0 Å². The van der Waals surface area contributed by atoms with E-state index in [0.717, 1.165) is 39.2 Å². The quantitative estimate of drug-likeness (QED) is 0.127. The molecular weight excluding hydrogens is 975 g/mol. The van der Waals surface area contributed by atoms with Crippen LogP contribution in [0.25, 0.3) is 70.3 Å². The van der Waals surface area contributed by atoms with E-state index in [2.05, 4.69) is 167 Å². The van der Waals surface area contributed by atoms with Crippen LogP contribution in [-0.4, -0.2) is 27.8 Å². The Labute approximate surface area is 372 Å². The van der Waals surface area contributed by atoms with E-state index < -0.39 is 19.2 Å². The van der Waals surface area contributed by atoms with Crippen LogP contribution in [0.2, 0.25) is 17.3 Å². The summed E-state index contributed by atoms with van der Waals surface area (Å²) in [4.78, 5) is 10.0. The molecule has 0 saturated carbocycles. The number of benzene rings is 6. The zero-order chi connectivity index (χ0) is 42.0.